The molecular formula is C14H10ClN2. The lowest BCUT2D eigenvalue weighted by Gasteiger charge is -2.03. The van der Waals surface area contributed by atoms with E-state index in [2.05, 4.69) is 23.4 Å². The first kappa shape index (κ1) is 10.4. The summed E-state index contributed by atoms with van der Waals surface area (Å²) in [4.78, 5) is 4.23. The van der Waals surface area contributed by atoms with Crippen LogP contribution in [-0.4, -0.2) is 9.55 Å². The Balaban J connectivity index is 2.01. The van der Waals surface area contributed by atoms with E-state index in [0.29, 0.717) is 5.02 Å². The third kappa shape index (κ3) is 2.04. The Morgan fingerprint density at radius 2 is 1.94 bits per heavy atom. The minimum Gasteiger partial charge on any atom is -0.317 e. The molecule has 0 N–H and O–H groups in total. The van der Waals surface area contributed by atoms with Crippen molar-refractivity contribution < 1.29 is 0 Å². The van der Waals surface area contributed by atoms with Crippen LogP contribution in [0.2, 0.25) is 5.02 Å². The third-order valence-corrected chi connectivity index (χ3v) is 2.94. The standard InChI is InChI=1S/C14H10ClN2/c15-12-6-7-14-13(8-12)16-10-17(14)9-11-4-2-1-3-5-11/h1-8H,9H2. The van der Waals surface area contributed by atoms with Crippen molar-refractivity contribution in [2.45, 2.75) is 6.54 Å². The van der Waals surface area contributed by atoms with Crippen molar-refractivity contribution in [3.05, 3.63) is 65.4 Å². The molecule has 0 aliphatic carbocycles. The van der Waals surface area contributed by atoms with Crippen molar-refractivity contribution in [3.8, 4) is 0 Å². The second-order valence-electron chi connectivity index (χ2n) is 3.92. The second kappa shape index (κ2) is 4.22. The highest BCUT2D eigenvalue weighted by atomic mass is 35.5. The summed E-state index contributed by atoms with van der Waals surface area (Å²) in [5, 5.41) is 0.705. The van der Waals surface area contributed by atoms with Crippen molar-refractivity contribution in [2.75, 3.05) is 0 Å². The normalized spacial score (nSPS) is 10.9. The number of aromatic nitrogens is 2. The molecule has 0 aliphatic heterocycles. The van der Waals surface area contributed by atoms with Crippen LogP contribution >= 0.6 is 11.6 Å². The van der Waals surface area contributed by atoms with Crippen molar-refractivity contribution in [2.24, 2.45) is 0 Å². The van der Waals surface area contributed by atoms with Gasteiger partial charge in [0.2, 0.25) is 0 Å². The Bertz CT molecular complexity index is 644. The van der Waals surface area contributed by atoms with Gasteiger partial charge in [0, 0.05) is 11.6 Å². The fraction of sp³-hybridized carbons (Fsp3) is 0.0714. The van der Waals surface area contributed by atoms with Gasteiger partial charge in [-0.15, -0.1) is 0 Å². The predicted octanol–water partition coefficient (Wildman–Crippen LogP) is 3.54. The molecular weight excluding hydrogens is 232 g/mol. The fourth-order valence-corrected chi connectivity index (χ4v) is 2.04. The van der Waals surface area contributed by atoms with Gasteiger partial charge in [0.15, 0.2) is 6.33 Å². The van der Waals surface area contributed by atoms with Crippen LogP contribution in [0.5, 0.6) is 0 Å². The summed E-state index contributed by atoms with van der Waals surface area (Å²) < 4.78 is 2.00. The summed E-state index contributed by atoms with van der Waals surface area (Å²) in [7, 11) is 0. The molecule has 0 spiro atoms. The van der Waals surface area contributed by atoms with Gasteiger partial charge >= 0.3 is 0 Å². The van der Waals surface area contributed by atoms with Crippen LogP contribution in [0.25, 0.3) is 11.0 Å². The fourth-order valence-electron chi connectivity index (χ4n) is 1.87. The molecule has 0 aliphatic rings. The SMILES string of the molecule is Clc1ccc2c(c1)n[c]n2Cc1ccccc1. The molecule has 3 rings (SSSR count). The van der Waals surface area contributed by atoms with Crippen LogP contribution in [0.3, 0.4) is 0 Å². The Kier molecular flexibility index (Phi) is 2.57. The van der Waals surface area contributed by atoms with Gasteiger partial charge in [-0.25, -0.2) is 4.98 Å². The number of imidazole rings is 1. The summed E-state index contributed by atoms with van der Waals surface area (Å²) >= 11 is 5.92. The summed E-state index contributed by atoms with van der Waals surface area (Å²) in [6, 6.07) is 16.0. The second-order valence-corrected chi connectivity index (χ2v) is 4.35. The predicted molar refractivity (Wildman–Crippen MR) is 69.1 cm³/mol. The van der Waals surface area contributed by atoms with E-state index in [-0.39, 0.29) is 0 Å². The van der Waals surface area contributed by atoms with Crippen LogP contribution < -0.4 is 0 Å². The minimum absolute atomic E-state index is 0.705. The Labute approximate surface area is 104 Å². The molecule has 1 heterocycles. The van der Waals surface area contributed by atoms with Crippen molar-refractivity contribution in [1.82, 2.24) is 9.55 Å². The van der Waals surface area contributed by atoms with E-state index in [1.54, 1.807) is 0 Å². The van der Waals surface area contributed by atoms with Crippen LogP contribution in [0.4, 0.5) is 0 Å². The number of halogens is 1. The van der Waals surface area contributed by atoms with E-state index in [1.165, 1.54) is 5.56 Å². The zero-order chi connectivity index (χ0) is 11.7. The van der Waals surface area contributed by atoms with Crippen molar-refractivity contribution in [1.29, 1.82) is 0 Å². The van der Waals surface area contributed by atoms with Crippen LogP contribution in [0.15, 0.2) is 48.5 Å². The van der Waals surface area contributed by atoms with Gasteiger partial charge in [-0.05, 0) is 23.8 Å². The summed E-state index contributed by atoms with van der Waals surface area (Å²) in [5.41, 5.74) is 3.17. The first-order valence-electron chi connectivity index (χ1n) is 5.40. The zero-order valence-electron chi connectivity index (χ0n) is 9.10. The smallest absolute Gasteiger partial charge is 0.177 e. The summed E-state index contributed by atoms with van der Waals surface area (Å²) in [5.74, 6) is 0. The van der Waals surface area contributed by atoms with E-state index in [4.69, 9.17) is 11.6 Å². The molecule has 3 heteroatoms. The monoisotopic (exact) mass is 241 g/mol. The maximum absolute atomic E-state index is 5.92. The lowest BCUT2D eigenvalue weighted by molar-refractivity contribution is 0.816. The van der Waals surface area contributed by atoms with Gasteiger partial charge in [0.1, 0.15) is 0 Å². The molecule has 0 saturated heterocycles. The number of benzene rings is 2. The lowest BCUT2D eigenvalue weighted by atomic mass is 10.2. The molecule has 0 bridgehead atoms. The highest BCUT2D eigenvalue weighted by molar-refractivity contribution is 6.31. The van der Waals surface area contributed by atoms with Gasteiger partial charge in [0.05, 0.1) is 11.0 Å². The molecule has 0 unspecified atom stereocenters. The van der Waals surface area contributed by atoms with Crippen LogP contribution in [0, 0.1) is 6.33 Å². The Hall–Kier alpha value is -1.80. The van der Waals surface area contributed by atoms with E-state index >= 15 is 0 Å². The highest BCUT2D eigenvalue weighted by Gasteiger charge is 2.04. The average molecular weight is 242 g/mol. The molecule has 2 aromatic carbocycles. The quantitative estimate of drug-likeness (QED) is 0.671. The number of rotatable bonds is 2. The first-order valence-corrected chi connectivity index (χ1v) is 5.78. The van der Waals surface area contributed by atoms with E-state index in [9.17, 15) is 0 Å². The van der Waals surface area contributed by atoms with E-state index in [1.807, 2.05) is 41.0 Å². The first-order chi connectivity index (χ1) is 8.33. The zero-order valence-corrected chi connectivity index (χ0v) is 9.85. The van der Waals surface area contributed by atoms with Crippen LogP contribution in [0.1, 0.15) is 5.56 Å². The number of hydrogen-bond donors (Lipinski definition) is 0. The minimum atomic E-state index is 0.705. The molecule has 0 fully saturated rings. The van der Waals surface area contributed by atoms with Crippen molar-refractivity contribution >= 4 is 22.6 Å². The average Bonchev–Trinajstić information content (AvgIpc) is 2.73. The molecule has 3 aromatic rings. The topological polar surface area (TPSA) is 17.8 Å². The summed E-state index contributed by atoms with van der Waals surface area (Å²) in [6.45, 7) is 0.777. The molecule has 1 aromatic heterocycles. The molecule has 83 valence electrons. The molecule has 2 nitrogen and oxygen atoms in total. The van der Waals surface area contributed by atoms with E-state index in [0.717, 1.165) is 17.6 Å². The number of hydrogen-bond acceptors (Lipinski definition) is 1. The molecule has 0 saturated carbocycles. The third-order valence-electron chi connectivity index (χ3n) is 2.70. The number of fused-ring (bicyclic) bond motifs is 1. The largest absolute Gasteiger partial charge is 0.317 e. The van der Waals surface area contributed by atoms with Gasteiger partial charge < -0.3 is 4.57 Å². The molecule has 0 amide bonds. The molecule has 1 radical (unpaired) electrons. The van der Waals surface area contributed by atoms with Gasteiger partial charge in [-0.1, -0.05) is 41.9 Å². The van der Waals surface area contributed by atoms with E-state index < -0.39 is 0 Å². The lowest BCUT2D eigenvalue weighted by Crippen LogP contribution is -1.97. The number of nitrogens with zero attached hydrogens (tertiary/aromatic N) is 2. The maximum atomic E-state index is 5.92. The molecule has 17 heavy (non-hydrogen) atoms. The van der Waals surface area contributed by atoms with Gasteiger partial charge in [0.25, 0.3) is 0 Å². The van der Waals surface area contributed by atoms with Crippen molar-refractivity contribution in [3.63, 3.8) is 0 Å². The maximum Gasteiger partial charge on any atom is 0.177 e. The highest BCUT2D eigenvalue weighted by Crippen LogP contribution is 2.18. The van der Waals surface area contributed by atoms with Gasteiger partial charge in [-0.3, -0.25) is 0 Å². The van der Waals surface area contributed by atoms with Crippen LogP contribution in [-0.2, 0) is 6.54 Å². The molecule has 0 atom stereocenters. The Morgan fingerprint density at radius 3 is 2.76 bits per heavy atom. The summed E-state index contributed by atoms with van der Waals surface area (Å²) in [6.07, 6.45) is 3.00. The van der Waals surface area contributed by atoms with Gasteiger partial charge in [-0.2, -0.15) is 0 Å². The Morgan fingerprint density at radius 1 is 1.12 bits per heavy atom.